The minimum absolute atomic E-state index is 0.308. The lowest BCUT2D eigenvalue weighted by Crippen LogP contribution is -2.32. The number of carbonyl (C=O) groups is 2. The minimum Gasteiger partial charge on any atom is -0.497 e. The van der Waals surface area contributed by atoms with Crippen LogP contribution in [-0.2, 0) is 9.53 Å². The molecule has 0 aliphatic heterocycles. The number of nitrogens with one attached hydrogen (secondary N) is 1. The molecule has 1 atom stereocenters. The van der Waals surface area contributed by atoms with Crippen LogP contribution < -0.4 is 15.8 Å². The Kier molecular flexibility index (Phi) is 5.78. The third-order valence-electron chi connectivity index (χ3n) is 3.37. The highest BCUT2D eigenvalue weighted by Crippen LogP contribution is 2.18. The van der Waals surface area contributed by atoms with Crippen molar-refractivity contribution in [2.75, 3.05) is 18.2 Å². The van der Waals surface area contributed by atoms with Gasteiger partial charge in [0, 0.05) is 17.4 Å². The lowest BCUT2D eigenvalue weighted by molar-refractivity contribution is -0.124. The van der Waals surface area contributed by atoms with Crippen LogP contribution in [-0.4, -0.2) is 25.1 Å². The van der Waals surface area contributed by atoms with E-state index in [-0.39, 0.29) is 0 Å². The van der Waals surface area contributed by atoms with Crippen LogP contribution in [0, 0.1) is 0 Å². The number of esters is 1. The lowest BCUT2D eigenvalue weighted by atomic mass is 10.2. The molecule has 6 heteroatoms. The first-order chi connectivity index (χ1) is 11.5. The summed E-state index contributed by atoms with van der Waals surface area (Å²) in [5, 5.41) is 2.72. The summed E-state index contributed by atoms with van der Waals surface area (Å²) in [5.41, 5.74) is 6.98. The number of anilines is 2. The molecule has 0 aliphatic rings. The maximum absolute atomic E-state index is 12.3. The van der Waals surface area contributed by atoms with Gasteiger partial charge in [0.15, 0.2) is 6.10 Å². The molecule has 3 N–H and O–H groups in total. The molecule has 0 bridgehead atoms. The van der Waals surface area contributed by atoms with E-state index in [2.05, 4.69) is 5.32 Å². The first-order valence-electron chi connectivity index (χ1n) is 7.55. The van der Waals surface area contributed by atoms with Crippen LogP contribution >= 0.6 is 0 Å². The Morgan fingerprint density at radius 3 is 2.58 bits per heavy atom. The number of hydrogen-bond acceptors (Lipinski definition) is 5. The number of ether oxygens (including phenoxy) is 2. The van der Waals surface area contributed by atoms with E-state index >= 15 is 0 Å². The first kappa shape index (κ1) is 17.3. The van der Waals surface area contributed by atoms with Gasteiger partial charge in [-0.15, -0.1) is 0 Å². The van der Waals surface area contributed by atoms with Gasteiger partial charge in [0.1, 0.15) is 5.75 Å². The van der Waals surface area contributed by atoms with Crippen LogP contribution in [0.15, 0.2) is 48.5 Å². The number of nitrogen functional groups attached to an aromatic ring is 1. The van der Waals surface area contributed by atoms with Gasteiger partial charge in [0.05, 0.1) is 12.7 Å². The van der Waals surface area contributed by atoms with Crippen LogP contribution in [0.25, 0.3) is 0 Å². The van der Waals surface area contributed by atoms with Gasteiger partial charge >= 0.3 is 5.97 Å². The zero-order valence-electron chi connectivity index (χ0n) is 13.6. The normalized spacial score (nSPS) is 11.4. The maximum Gasteiger partial charge on any atom is 0.338 e. The second-order valence-electron chi connectivity index (χ2n) is 5.15. The van der Waals surface area contributed by atoms with Gasteiger partial charge in [0.25, 0.3) is 5.91 Å². The van der Waals surface area contributed by atoms with Crippen molar-refractivity contribution in [2.45, 2.75) is 19.4 Å². The molecule has 0 heterocycles. The van der Waals surface area contributed by atoms with Crippen LogP contribution in [0.5, 0.6) is 5.75 Å². The summed E-state index contributed by atoms with van der Waals surface area (Å²) < 4.78 is 10.4. The molecule has 126 valence electrons. The van der Waals surface area contributed by atoms with Gasteiger partial charge < -0.3 is 20.5 Å². The molecule has 2 aromatic rings. The molecule has 0 saturated heterocycles. The smallest absolute Gasteiger partial charge is 0.338 e. The Labute approximate surface area is 140 Å². The molecular weight excluding hydrogens is 308 g/mol. The van der Waals surface area contributed by atoms with E-state index in [1.54, 1.807) is 56.5 Å². The van der Waals surface area contributed by atoms with Crippen LogP contribution in [0.1, 0.15) is 23.7 Å². The van der Waals surface area contributed by atoms with E-state index < -0.39 is 18.0 Å². The summed E-state index contributed by atoms with van der Waals surface area (Å²) in [6.07, 6.45) is -0.547. The van der Waals surface area contributed by atoms with E-state index in [0.29, 0.717) is 29.1 Å². The highest BCUT2D eigenvalue weighted by Gasteiger charge is 2.22. The molecule has 1 unspecified atom stereocenters. The van der Waals surface area contributed by atoms with Gasteiger partial charge in [-0.2, -0.15) is 0 Å². The fourth-order valence-electron chi connectivity index (χ4n) is 2.11. The monoisotopic (exact) mass is 328 g/mol. The van der Waals surface area contributed by atoms with Crippen molar-refractivity contribution in [2.24, 2.45) is 0 Å². The predicted molar refractivity (Wildman–Crippen MR) is 92.0 cm³/mol. The Bertz CT molecular complexity index is 730. The highest BCUT2D eigenvalue weighted by molar-refractivity contribution is 5.97. The third-order valence-corrected chi connectivity index (χ3v) is 3.37. The minimum atomic E-state index is -0.898. The maximum atomic E-state index is 12.3. The van der Waals surface area contributed by atoms with Gasteiger partial charge in [-0.25, -0.2) is 4.79 Å². The largest absolute Gasteiger partial charge is 0.497 e. The van der Waals surface area contributed by atoms with E-state index in [9.17, 15) is 9.59 Å². The molecule has 0 fully saturated rings. The van der Waals surface area contributed by atoms with Crippen LogP contribution in [0.3, 0.4) is 0 Å². The van der Waals surface area contributed by atoms with Gasteiger partial charge in [0.2, 0.25) is 0 Å². The van der Waals surface area contributed by atoms with Gasteiger partial charge in [-0.3, -0.25) is 4.79 Å². The summed E-state index contributed by atoms with van der Waals surface area (Å²) in [6, 6.07) is 13.4. The third kappa shape index (κ3) is 4.49. The number of hydrogen-bond donors (Lipinski definition) is 2. The quantitative estimate of drug-likeness (QED) is 0.628. The summed E-state index contributed by atoms with van der Waals surface area (Å²) >= 11 is 0. The van der Waals surface area contributed by atoms with Crippen LogP contribution in [0.4, 0.5) is 11.4 Å². The van der Waals surface area contributed by atoms with E-state index in [4.69, 9.17) is 15.2 Å². The summed E-state index contributed by atoms with van der Waals surface area (Å²) in [7, 11) is 1.54. The van der Waals surface area contributed by atoms with Gasteiger partial charge in [-0.05, 0) is 36.8 Å². The van der Waals surface area contributed by atoms with Crippen molar-refractivity contribution in [1.29, 1.82) is 0 Å². The molecule has 24 heavy (non-hydrogen) atoms. The molecule has 0 aromatic heterocycles. The van der Waals surface area contributed by atoms with Crippen molar-refractivity contribution in [3.8, 4) is 5.75 Å². The van der Waals surface area contributed by atoms with Crippen molar-refractivity contribution >= 4 is 23.3 Å². The molecule has 0 saturated carbocycles. The van der Waals surface area contributed by atoms with E-state index in [1.807, 2.05) is 0 Å². The SMILES string of the molecule is CCC(OC(=O)c1cccc(N)c1)C(=O)Nc1cccc(OC)c1. The number of carbonyl (C=O) groups excluding carboxylic acids is 2. The number of methoxy groups -OCH3 is 1. The molecule has 0 radical (unpaired) electrons. The fourth-order valence-corrected chi connectivity index (χ4v) is 2.11. The van der Waals surface area contributed by atoms with E-state index in [1.165, 1.54) is 6.07 Å². The van der Waals surface area contributed by atoms with Crippen molar-refractivity contribution < 1.29 is 19.1 Å². The van der Waals surface area contributed by atoms with E-state index in [0.717, 1.165) is 0 Å². The molecule has 0 aliphatic carbocycles. The predicted octanol–water partition coefficient (Wildman–Crippen LogP) is 2.85. The molecule has 2 aromatic carbocycles. The summed E-state index contributed by atoms with van der Waals surface area (Å²) in [4.78, 5) is 24.5. The zero-order chi connectivity index (χ0) is 17.5. The van der Waals surface area contributed by atoms with Crippen molar-refractivity contribution in [3.63, 3.8) is 0 Å². The second-order valence-corrected chi connectivity index (χ2v) is 5.15. The number of amides is 1. The Morgan fingerprint density at radius 2 is 1.92 bits per heavy atom. The lowest BCUT2D eigenvalue weighted by Gasteiger charge is -2.16. The summed E-state index contributed by atoms with van der Waals surface area (Å²) in [6.45, 7) is 1.77. The Balaban J connectivity index is 2.04. The average molecular weight is 328 g/mol. The zero-order valence-corrected chi connectivity index (χ0v) is 13.6. The van der Waals surface area contributed by atoms with Crippen molar-refractivity contribution in [3.05, 3.63) is 54.1 Å². The summed E-state index contributed by atoms with van der Waals surface area (Å²) in [5.74, 6) is -0.365. The fraction of sp³-hybridized carbons (Fsp3) is 0.222. The Hall–Kier alpha value is -3.02. The number of nitrogens with two attached hydrogens (primary N) is 1. The molecule has 2 rings (SSSR count). The first-order valence-corrected chi connectivity index (χ1v) is 7.55. The second kappa shape index (κ2) is 8.01. The number of rotatable bonds is 6. The molecule has 0 spiro atoms. The number of benzene rings is 2. The molecular formula is C18H20N2O4. The standard InChI is InChI=1S/C18H20N2O4/c1-3-16(24-18(22)12-6-4-7-13(19)10-12)17(21)20-14-8-5-9-15(11-14)23-2/h4-11,16H,3,19H2,1-2H3,(H,20,21). The molecule has 6 nitrogen and oxygen atoms in total. The highest BCUT2D eigenvalue weighted by atomic mass is 16.5. The average Bonchev–Trinajstić information content (AvgIpc) is 2.59. The van der Waals surface area contributed by atoms with Crippen LogP contribution in [0.2, 0.25) is 0 Å². The van der Waals surface area contributed by atoms with Crippen molar-refractivity contribution in [1.82, 2.24) is 0 Å². The van der Waals surface area contributed by atoms with Gasteiger partial charge in [-0.1, -0.05) is 19.1 Å². The molecule has 1 amide bonds. The topological polar surface area (TPSA) is 90.7 Å². The Morgan fingerprint density at radius 1 is 1.17 bits per heavy atom.